The highest BCUT2D eigenvalue weighted by molar-refractivity contribution is 5.24. The van der Waals surface area contributed by atoms with Gasteiger partial charge in [-0.15, -0.1) is 0 Å². The molecular formula is C17H27NO2. The van der Waals surface area contributed by atoms with Gasteiger partial charge >= 0.3 is 0 Å². The number of hydrogen-bond donors (Lipinski definition) is 1. The van der Waals surface area contributed by atoms with Crippen LogP contribution < -0.4 is 5.32 Å². The molecule has 1 heterocycles. The number of rotatable bonds is 7. The maximum atomic E-state index is 6.04. The highest BCUT2D eigenvalue weighted by Crippen LogP contribution is 2.21. The Morgan fingerprint density at radius 2 is 2.10 bits per heavy atom. The Kier molecular flexibility index (Phi) is 6.02. The summed E-state index contributed by atoms with van der Waals surface area (Å²) >= 11 is 0. The SMILES string of the molecule is CCNC(c1ccc(C)cc1)C(C)OCC1CCCO1. The van der Waals surface area contributed by atoms with Crippen molar-refractivity contribution in [3.8, 4) is 0 Å². The molecular weight excluding hydrogens is 250 g/mol. The topological polar surface area (TPSA) is 30.5 Å². The van der Waals surface area contributed by atoms with E-state index in [0.717, 1.165) is 26.0 Å². The molecule has 0 spiro atoms. The lowest BCUT2D eigenvalue weighted by atomic mass is 10.0. The van der Waals surface area contributed by atoms with Gasteiger partial charge in [0.15, 0.2) is 0 Å². The molecule has 2 rings (SSSR count). The third-order valence-electron chi connectivity index (χ3n) is 3.90. The summed E-state index contributed by atoms with van der Waals surface area (Å²) in [6.45, 7) is 8.91. The van der Waals surface area contributed by atoms with Crippen LogP contribution in [0.1, 0.15) is 43.9 Å². The summed E-state index contributed by atoms with van der Waals surface area (Å²) in [4.78, 5) is 0. The summed E-state index contributed by atoms with van der Waals surface area (Å²) < 4.78 is 11.7. The number of likely N-dealkylation sites (N-methyl/N-ethyl adjacent to an activating group) is 1. The zero-order valence-electron chi connectivity index (χ0n) is 12.9. The fourth-order valence-electron chi connectivity index (χ4n) is 2.68. The van der Waals surface area contributed by atoms with Crippen LogP contribution in [0.2, 0.25) is 0 Å². The first-order valence-corrected chi connectivity index (χ1v) is 7.74. The lowest BCUT2D eigenvalue weighted by molar-refractivity contribution is -0.0268. The van der Waals surface area contributed by atoms with Crippen LogP contribution in [-0.4, -0.2) is 32.0 Å². The lowest BCUT2D eigenvalue weighted by Crippen LogP contribution is -2.33. The van der Waals surface area contributed by atoms with Crippen LogP contribution in [-0.2, 0) is 9.47 Å². The second-order valence-electron chi connectivity index (χ2n) is 5.62. The third-order valence-corrected chi connectivity index (χ3v) is 3.90. The van der Waals surface area contributed by atoms with E-state index in [1.165, 1.54) is 11.1 Å². The second-order valence-corrected chi connectivity index (χ2v) is 5.62. The first-order valence-electron chi connectivity index (χ1n) is 7.74. The van der Waals surface area contributed by atoms with Crippen molar-refractivity contribution in [2.45, 2.75) is 51.9 Å². The van der Waals surface area contributed by atoms with Gasteiger partial charge in [-0.3, -0.25) is 0 Å². The quantitative estimate of drug-likeness (QED) is 0.830. The number of nitrogens with one attached hydrogen (secondary N) is 1. The fraction of sp³-hybridized carbons (Fsp3) is 0.647. The molecule has 0 amide bonds. The molecule has 3 atom stereocenters. The van der Waals surface area contributed by atoms with Crippen molar-refractivity contribution >= 4 is 0 Å². The molecule has 0 aliphatic carbocycles. The van der Waals surface area contributed by atoms with Crippen LogP contribution in [0.15, 0.2) is 24.3 Å². The van der Waals surface area contributed by atoms with E-state index in [1.807, 2.05) is 0 Å². The van der Waals surface area contributed by atoms with Crippen molar-refractivity contribution < 1.29 is 9.47 Å². The molecule has 0 bridgehead atoms. The smallest absolute Gasteiger partial charge is 0.0809 e. The Hall–Kier alpha value is -0.900. The van der Waals surface area contributed by atoms with E-state index in [4.69, 9.17) is 9.47 Å². The molecule has 1 aromatic rings. The van der Waals surface area contributed by atoms with E-state index in [1.54, 1.807) is 0 Å². The van der Waals surface area contributed by atoms with Gasteiger partial charge in [0.1, 0.15) is 0 Å². The predicted octanol–water partition coefficient (Wildman–Crippen LogP) is 3.23. The second kappa shape index (κ2) is 7.77. The van der Waals surface area contributed by atoms with Crippen molar-refractivity contribution in [3.05, 3.63) is 35.4 Å². The van der Waals surface area contributed by atoms with Gasteiger partial charge < -0.3 is 14.8 Å². The van der Waals surface area contributed by atoms with Crippen LogP contribution in [0.5, 0.6) is 0 Å². The van der Waals surface area contributed by atoms with Crippen molar-refractivity contribution in [2.24, 2.45) is 0 Å². The van der Waals surface area contributed by atoms with Crippen LogP contribution in [0.4, 0.5) is 0 Å². The van der Waals surface area contributed by atoms with Crippen molar-refractivity contribution in [1.82, 2.24) is 5.32 Å². The third kappa shape index (κ3) is 4.30. The summed E-state index contributed by atoms with van der Waals surface area (Å²) in [6, 6.07) is 8.93. The monoisotopic (exact) mass is 277 g/mol. The van der Waals surface area contributed by atoms with Gasteiger partial charge in [-0.1, -0.05) is 36.8 Å². The number of hydrogen-bond acceptors (Lipinski definition) is 3. The average molecular weight is 277 g/mol. The van der Waals surface area contributed by atoms with Crippen molar-refractivity contribution in [1.29, 1.82) is 0 Å². The summed E-state index contributed by atoms with van der Waals surface area (Å²) in [7, 11) is 0. The number of benzene rings is 1. The minimum Gasteiger partial charge on any atom is -0.376 e. The van der Waals surface area contributed by atoms with Gasteiger partial charge in [0, 0.05) is 6.61 Å². The minimum absolute atomic E-state index is 0.141. The van der Waals surface area contributed by atoms with E-state index >= 15 is 0 Å². The standard InChI is InChI=1S/C17H27NO2/c1-4-18-17(15-9-7-13(2)8-10-15)14(3)20-12-16-6-5-11-19-16/h7-10,14,16-18H,4-6,11-12H2,1-3H3. The Morgan fingerprint density at radius 1 is 1.35 bits per heavy atom. The Balaban J connectivity index is 1.93. The Labute approximate surface area is 122 Å². The van der Waals surface area contributed by atoms with Crippen molar-refractivity contribution in [2.75, 3.05) is 19.8 Å². The maximum absolute atomic E-state index is 6.04. The van der Waals surface area contributed by atoms with E-state index in [0.29, 0.717) is 6.61 Å². The molecule has 0 aromatic heterocycles. The summed E-state index contributed by atoms with van der Waals surface area (Å²) in [6.07, 6.45) is 2.72. The zero-order chi connectivity index (χ0) is 14.4. The molecule has 1 saturated heterocycles. The van der Waals surface area contributed by atoms with Crippen LogP contribution >= 0.6 is 0 Å². The zero-order valence-corrected chi connectivity index (χ0v) is 12.9. The van der Waals surface area contributed by atoms with Crippen LogP contribution in [0.3, 0.4) is 0 Å². The molecule has 0 radical (unpaired) electrons. The first kappa shape index (κ1) is 15.5. The molecule has 20 heavy (non-hydrogen) atoms. The molecule has 1 aromatic carbocycles. The molecule has 3 nitrogen and oxygen atoms in total. The average Bonchev–Trinajstić information content (AvgIpc) is 2.97. The number of aryl methyl sites for hydroxylation is 1. The Morgan fingerprint density at radius 3 is 2.70 bits per heavy atom. The molecule has 3 heteroatoms. The molecule has 1 aliphatic rings. The number of ether oxygens (including phenoxy) is 2. The summed E-state index contributed by atoms with van der Waals surface area (Å²) in [5, 5.41) is 3.53. The van der Waals surface area contributed by atoms with Gasteiger partial charge in [-0.05, 0) is 38.8 Å². The summed E-state index contributed by atoms with van der Waals surface area (Å²) in [5.41, 5.74) is 2.58. The van der Waals surface area contributed by atoms with Gasteiger partial charge in [-0.2, -0.15) is 0 Å². The molecule has 1 fully saturated rings. The van der Waals surface area contributed by atoms with Gasteiger partial charge in [0.05, 0.1) is 24.9 Å². The van der Waals surface area contributed by atoms with Gasteiger partial charge in [0.2, 0.25) is 0 Å². The van der Waals surface area contributed by atoms with E-state index in [-0.39, 0.29) is 18.2 Å². The predicted molar refractivity (Wildman–Crippen MR) is 82.0 cm³/mol. The molecule has 0 saturated carbocycles. The fourth-order valence-corrected chi connectivity index (χ4v) is 2.68. The normalized spacial score (nSPS) is 21.9. The van der Waals surface area contributed by atoms with Gasteiger partial charge in [-0.25, -0.2) is 0 Å². The van der Waals surface area contributed by atoms with E-state index in [2.05, 4.69) is 50.4 Å². The van der Waals surface area contributed by atoms with Gasteiger partial charge in [0.25, 0.3) is 0 Å². The van der Waals surface area contributed by atoms with E-state index in [9.17, 15) is 0 Å². The van der Waals surface area contributed by atoms with E-state index < -0.39 is 0 Å². The lowest BCUT2D eigenvalue weighted by Gasteiger charge is -2.26. The highest BCUT2D eigenvalue weighted by atomic mass is 16.5. The first-order chi connectivity index (χ1) is 9.70. The Bertz CT molecular complexity index is 384. The molecule has 3 unspecified atom stereocenters. The molecule has 112 valence electrons. The highest BCUT2D eigenvalue weighted by Gasteiger charge is 2.22. The molecule has 1 N–H and O–H groups in total. The summed E-state index contributed by atoms with van der Waals surface area (Å²) in [5.74, 6) is 0. The largest absolute Gasteiger partial charge is 0.376 e. The van der Waals surface area contributed by atoms with Crippen LogP contribution in [0.25, 0.3) is 0 Å². The molecule has 1 aliphatic heterocycles. The van der Waals surface area contributed by atoms with Crippen LogP contribution in [0, 0.1) is 6.92 Å². The minimum atomic E-state index is 0.141. The van der Waals surface area contributed by atoms with Crippen molar-refractivity contribution in [3.63, 3.8) is 0 Å². The maximum Gasteiger partial charge on any atom is 0.0809 e.